The third-order valence-electron chi connectivity index (χ3n) is 5.01. The molecule has 11 nitrogen and oxygen atoms in total. The molecule has 1 aromatic heterocycles. The summed E-state index contributed by atoms with van der Waals surface area (Å²) < 4.78 is 40.3. The van der Waals surface area contributed by atoms with Gasteiger partial charge in [0.1, 0.15) is 29.6 Å². The summed E-state index contributed by atoms with van der Waals surface area (Å²) >= 11 is 1.06. The molecule has 39 heavy (non-hydrogen) atoms. The van der Waals surface area contributed by atoms with Crippen LogP contribution in [0.4, 0.5) is 5.13 Å². The largest absolute Gasteiger partial charge is 0.491 e. The van der Waals surface area contributed by atoms with Gasteiger partial charge in [0.2, 0.25) is 5.06 Å². The summed E-state index contributed by atoms with van der Waals surface area (Å²) in [6, 6.07) is 16.1. The Morgan fingerprint density at radius 1 is 0.897 bits per heavy atom. The number of benzene rings is 3. The van der Waals surface area contributed by atoms with Gasteiger partial charge in [0.15, 0.2) is 15.0 Å². The summed E-state index contributed by atoms with van der Waals surface area (Å²) in [6.07, 6.45) is 2.52. The van der Waals surface area contributed by atoms with Crippen molar-refractivity contribution < 1.29 is 42.4 Å². The van der Waals surface area contributed by atoms with E-state index in [9.17, 15) is 18.0 Å². The highest BCUT2D eigenvalue weighted by molar-refractivity contribution is 7.90. The Balaban J connectivity index is 1.48. The Bertz CT molecular complexity index is 1580. The number of anilines is 1. The van der Waals surface area contributed by atoms with Crippen molar-refractivity contribution in [3.05, 3.63) is 84.1 Å². The number of aromatic nitrogens is 1. The Hall–Kier alpha value is -4.46. The smallest absolute Gasteiger partial charge is 0.335 e. The third kappa shape index (κ3) is 7.54. The van der Waals surface area contributed by atoms with E-state index in [-0.39, 0.29) is 45.9 Å². The van der Waals surface area contributed by atoms with E-state index in [1.54, 1.807) is 0 Å². The maximum atomic E-state index is 13.0. The molecule has 1 amide bonds. The quantitative estimate of drug-likeness (QED) is 0.235. The Kier molecular flexibility index (Phi) is 8.44. The summed E-state index contributed by atoms with van der Waals surface area (Å²) in [5.41, 5.74) is 0.300. The van der Waals surface area contributed by atoms with Crippen LogP contribution in [0.3, 0.4) is 0 Å². The number of carbonyl (C=O) groups is 2. The fraction of sp³-hybridized carbons (Fsp3) is 0.115. The van der Waals surface area contributed by atoms with Crippen LogP contribution in [0.1, 0.15) is 20.7 Å². The van der Waals surface area contributed by atoms with E-state index in [1.807, 2.05) is 0 Å². The Morgan fingerprint density at radius 3 is 2.18 bits per heavy atom. The maximum absolute atomic E-state index is 13.0. The number of sulfone groups is 1. The molecule has 0 bridgehead atoms. The number of aromatic carboxylic acids is 1. The summed E-state index contributed by atoms with van der Waals surface area (Å²) in [6.45, 7) is -0.241. The molecular formula is C26H22N2O9S2. The van der Waals surface area contributed by atoms with Gasteiger partial charge in [0, 0.05) is 17.9 Å². The van der Waals surface area contributed by atoms with E-state index in [2.05, 4.69) is 10.3 Å². The number of hydrogen-bond donors (Lipinski definition) is 3. The first kappa shape index (κ1) is 27.6. The van der Waals surface area contributed by atoms with E-state index in [1.165, 1.54) is 72.9 Å². The lowest BCUT2D eigenvalue weighted by molar-refractivity contribution is 0.0696. The van der Waals surface area contributed by atoms with Crippen molar-refractivity contribution in [3.8, 4) is 28.1 Å². The van der Waals surface area contributed by atoms with Crippen LogP contribution in [0.15, 0.2) is 77.8 Å². The number of nitrogens with one attached hydrogen (secondary N) is 1. The first-order chi connectivity index (χ1) is 18.6. The molecule has 13 heteroatoms. The first-order valence-electron chi connectivity index (χ1n) is 11.3. The van der Waals surface area contributed by atoms with Gasteiger partial charge >= 0.3 is 5.97 Å². The summed E-state index contributed by atoms with van der Waals surface area (Å²) in [4.78, 5) is 28.3. The van der Waals surface area contributed by atoms with Crippen LogP contribution in [0, 0.1) is 0 Å². The molecule has 0 radical (unpaired) electrons. The zero-order valence-corrected chi connectivity index (χ0v) is 22.0. The van der Waals surface area contributed by atoms with Gasteiger partial charge in [-0.3, -0.25) is 10.1 Å². The highest BCUT2D eigenvalue weighted by Crippen LogP contribution is 2.32. The summed E-state index contributed by atoms with van der Waals surface area (Å²) in [7, 11) is -3.37. The van der Waals surface area contributed by atoms with Crippen molar-refractivity contribution in [1.82, 2.24) is 4.98 Å². The molecule has 0 unspecified atom stereocenters. The molecule has 1 heterocycles. The minimum absolute atomic E-state index is 0.00576. The average Bonchev–Trinajstić information content (AvgIpc) is 3.34. The van der Waals surface area contributed by atoms with E-state index >= 15 is 0 Å². The molecule has 0 aliphatic heterocycles. The monoisotopic (exact) mass is 570 g/mol. The lowest BCUT2D eigenvalue weighted by Crippen LogP contribution is -2.12. The fourth-order valence-electron chi connectivity index (χ4n) is 3.21. The number of thiazole rings is 1. The SMILES string of the molecule is CS(=O)(=O)c1ccc(Oc2cc(OCCO)cc(C(=O)Nc3ncc(Oc4ccc(C(=O)O)cc4)s3)c2)cc1. The molecule has 0 fully saturated rings. The second kappa shape index (κ2) is 11.9. The standard InChI is InChI=1S/C26H22N2O9S2/c1-39(33,34)22-8-6-18(7-9-22)36-21-13-17(12-20(14-21)35-11-10-29)24(30)28-26-27-15-23(38-26)37-19-4-2-16(3-5-19)25(31)32/h2-9,12-15,29H,10-11H2,1H3,(H,31,32)(H,27,28,30). The van der Waals surface area contributed by atoms with Crippen LogP contribution in [0.5, 0.6) is 28.1 Å². The van der Waals surface area contributed by atoms with Gasteiger partial charge in [-0.1, -0.05) is 11.3 Å². The molecule has 0 aliphatic rings. The number of amides is 1. The van der Waals surface area contributed by atoms with Crippen molar-refractivity contribution in [2.24, 2.45) is 0 Å². The molecule has 4 aromatic rings. The molecule has 0 spiro atoms. The number of hydrogen-bond acceptors (Lipinski definition) is 10. The number of carboxylic acids is 1. The highest BCUT2D eigenvalue weighted by atomic mass is 32.2. The number of ether oxygens (including phenoxy) is 3. The van der Waals surface area contributed by atoms with Crippen LogP contribution < -0.4 is 19.5 Å². The predicted molar refractivity (Wildman–Crippen MR) is 142 cm³/mol. The first-order valence-corrected chi connectivity index (χ1v) is 14.0. The lowest BCUT2D eigenvalue weighted by Gasteiger charge is -2.12. The van der Waals surface area contributed by atoms with Gasteiger partial charge in [0.25, 0.3) is 5.91 Å². The minimum atomic E-state index is -3.37. The molecule has 0 aliphatic carbocycles. The van der Waals surface area contributed by atoms with Crippen molar-refractivity contribution >= 4 is 38.2 Å². The average molecular weight is 571 g/mol. The second-order valence-corrected chi connectivity index (χ2v) is 11.0. The zero-order valence-electron chi connectivity index (χ0n) is 20.4. The highest BCUT2D eigenvalue weighted by Gasteiger charge is 2.15. The van der Waals surface area contributed by atoms with E-state index in [0.29, 0.717) is 16.6 Å². The molecular weight excluding hydrogens is 548 g/mol. The molecule has 0 saturated carbocycles. The van der Waals surface area contributed by atoms with Crippen molar-refractivity contribution in [3.63, 3.8) is 0 Å². The van der Waals surface area contributed by atoms with Gasteiger partial charge < -0.3 is 24.4 Å². The predicted octanol–water partition coefficient (Wildman–Crippen LogP) is 4.45. The number of carbonyl (C=O) groups excluding carboxylic acids is 1. The summed E-state index contributed by atoms with van der Waals surface area (Å²) in [5, 5.41) is 21.4. The normalized spacial score (nSPS) is 11.0. The van der Waals surface area contributed by atoms with Crippen molar-refractivity contribution in [2.45, 2.75) is 4.90 Å². The number of carboxylic acid groups (broad SMARTS) is 1. The van der Waals surface area contributed by atoms with Crippen LogP contribution in [-0.4, -0.2) is 55.0 Å². The van der Waals surface area contributed by atoms with Crippen LogP contribution >= 0.6 is 11.3 Å². The van der Waals surface area contributed by atoms with E-state index in [4.69, 9.17) is 24.4 Å². The fourth-order valence-corrected chi connectivity index (χ4v) is 4.53. The van der Waals surface area contributed by atoms with E-state index < -0.39 is 21.7 Å². The van der Waals surface area contributed by atoms with E-state index in [0.717, 1.165) is 17.6 Å². The third-order valence-corrected chi connectivity index (χ3v) is 6.93. The number of aliphatic hydroxyl groups is 1. The molecule has 3 aromatic carbocycles. The van der Waals surface area contributed by atoms with Crippen molar-refractivity contribution in [2.75, 3.05) is 24.8 Å². The van der Waals surface area contributed by atoms with Crippen LogP contribution in [0.2, 0.25) is 0 Å². The van der Waals surface area contributed by atoms with Gasteiger partial charge in [-0.2, -0.15) is 0 Å². The number of nitrogens with zero attached hydrogens (tertiary/aromatic N) is 1. The molecule has 3 N–H and O–H groups in total. The minimum Gasteiger partial charge on any atom is -0.491 e. The van der Waals surface area contributed by atoms with Gasteiger partial charge in [0.05, 0.1) is 23.3 Å². The Labute approximate surface area is 227 Å². The molecule has 202 valence electrons. The van der Waals surface area contributed by atoms with Crippen molar-refractivity contribution in [1.29, 1.82) is 0 Å². The topological polar surface area (TPSA) is 161 Å². The van der Waals surface area contributed by atoms with Crippen LogP contribution in [0.25, 0.3) is 0 Å². The molecule has 4 rings (SSSR count). The zero-order chi connectivity index (χ0) is 28.0. The summed E-state index contributed by atoms with van der Waals surface area (Å²) in [5.74, 6) is -0.308. The maximum Gasteiger partial charge on any atom is 0.335 e. The van der Waals surface area contributed by atoms with Gasteiger partial charge in [-0.25, -0.2) is 18.2 Å². The second-order valence-electron chi connectivity index (χ2n) is 7.98. The molecule has 0 saturated heterocycles. The van der Waals surface area contributed by atoms with Gasteiger partial charge in [-0.05, 0) is 60.7 Å². The lowest BCUT2D eigenvalue weighted by atomic mass is 10.2. The van der Waals surface area contributed by atoms with Gasteiger partial charge in [-0.15, -0.1) is 0 Å². The molecule has 0 atom stereocenters. The van der Waals surface area contributed by atoms with Crippen LogP contribution in [-0.2, 0) is 9.84 Å². The Morgan fingerprint density at radius 2 is 1.54 bits per heavy atom. The number of aliphatic hydroxyl groups excluding tert-OH is 1. The number of rotatable bonds is 11.